The molecule has 1 N–H and O–H groups in total. The van der Waals surface area contributed by atoms with E-state index in [-0.39, 0.29) is 18.2 Å². The summed E-state index contributed by atoms with van der Waals surface area (Å²) in [6.45, 7) is 1.16. The number of hydrogen-bond acceptors (Lipinski definition) is 8. The molecule has 0 unspecified atom stereocenters. The fourth-order valence-corrected chi connectivity index (χ4v) is 4.24. The summed E-state index contributed by atoms with van der Waals surface area (Å²) in [5.74, 6) is 0.516. The number of nitrogens with one attached hydrogen (secondary N) is 1. The topological polar surface area (TPSA) is 93.7 Å². The van der Waals surface area contributed by atoms with Crippen molar-refractivity contribution in [3.63, 3.8) is 0 Å². The molecule has 0 atom stereocenters. The molecule has 0 aliphatic rings. The molecule has 3 aromatic rings. The molecule has 3 rings (SSSR count). The zero-order valence-corrected chi connectivity index (χ0v) is 19.0. The molecule has 0 bridgehead atoms. The van der Waals surface area contributed by atoms with Gasteiger partial charge >= 0.3 is 0 Å². The minimum absolute atomic E-state index is 0.0231. The molecule has 2 aromatic heterocycles. The van der Waals surface area contributed by atoms with E-state index in [2.05, 4.69) is 15.5 Å². The van der Waals surface area contributed by atoms with Crippen molar-refractivity contribution in [1.29, 1.82) is 0 Å². The molecule has 0 saturated carbocycles. The second-order valence-electron chi connectivity index (χ2n) is 6.57. The number of methoxy groups -OCH3 is 2. The lowest BCUT2D eigenvalue weighted by Gasteiger charge is -2.22. The Balaban J connectivity index is 1.53. The van der Waals surface area contributed by atoms with Gasteiger partial charge in [-0.3, -0.25) is 9.59 Å². The number of anilines is 1. The van der Waals surface area contributed by atoms with Crippen LogP contribution in [0.15, 0.2) is 41.8 Å². The van der Waals surface area contributed by atoms with E-state index >= 15 is 0 Å². The van der Waals surface area contributed by atoms with E-state index in [1.54, 1.807) is 30.5 Å². The largest absolute Gasteiger partial charge is 0.497 e. The standard InChI is InChI=1S/C21H24N4O4S2/c1-28-12-11-25(19(27)14-17-4-3-13-30-17)10-9-18(26)22-21-24-23-20(31-21)15-5-7-16(29-2)8-6-15/h3-8,13H,9-12,14H2,1-2H3,(H,22,24,26). The highest BCUT2D eigenvalue weighted by atomic mass is 32.1. The Bertz CT molecular complexity index is 974. The molecule has 0 fully saturated rings. The Morgan fingerprint density at radius 3 is 2.58 bits per heavy atom. The minimum Gasteiger partial charge on any atom is -0.497 e. The van der Waals surface area contributed by atoms with Crippen LogP contribution in [0.1, 0.15) is 11.3 Å². The first-order valence-electron chi connectivity index (χ1n) is 9.66. The molecular weight excluding hydrogens is 436 g/mol. The molecule has 31 heavy (non-hydrogen) atoms. The van der Waals surface area contributed by atoms with Gasteiger partial charge < -0.3 is 19.7 Å². The predicted molar refractivity (Wildman–Crippen MR) is 122 cm³/mol. The zero-order valence-electron chi connectivity index (χ0n) is 17.4. The molecule has 0 radical (unpaired) electrons. The smallest absolute Gasteiger partial charge is 0.227 e. The molecule has 1 aromatic carbocycles. The summed E-state index contributed by atoms with van der Waals surface area (Å²) in [5.41, 5.74) is 0.892. The molecule has 8 nitrogen and oxygen atoms in total. The lowest BCUT2D eigenvalue weighted by Crippen LogP contribution is -2.37. The predicted octanol–water partition coefficient (Wildman–Crippen LogP) is 3.32. The fourth-order valence-electron chi connectivity index (χ4n) is 2.78. The number of ether oxygens (including phenoxy) is 2. The van der Waals surface area contributed by atoms with Crippen molar-refractivity contribution in [2.45, 2.75) is 12.8 Å². The Kier molecular flexibility index (Phi) is 8.51. The van der Waals surface area contributed by atoms with Crippen LogP contribution in [-0.4, -0.2) is 60.8 Å². The maximum atomic E-state index is 12.6. The van der Waals surface area contributed by atoms with Gasteiger partial charge in [0, 0.05) is 37.1 Å². The highest BCUT2D eigenvalue weighted by molar-refractivity contribution is 7.18. The maximum Gasteiger partial charge on any atom is 0.227 e. The maximum absolute atomic E-state index is 12.6. The Morgan fingerprint density at radius 1 is 1.10 bits per heavy atom. The molecular formula is C21H24N4O4S2. The molecule has 0 aliphatic heterocycles. The van der Waals surface area contributed by atoms with E-state index in [1.165, 1.54) is 11.3 Å². The number of amides is 2. The van der Waals surface area contributed by atoms with Crippen molar-refractivity contribution < 1.29 is 19.1 Å². The van der Waals surface area contributed by atoms with Crippen LogP contribution in [0.3, 0.4) is 0 Å². The van der Waals surface area contributed by atoms with Crippen molar-refractivity contribution in [1.82, 2.24) is 15.1 Å². The van der Waals surface area contributed by atoms with Crippen molar-refractivity contribution in [2.75, 3.05) is 39.2 Å². The van der Waals surface area contributed by atoms with Crippen LogP contribution in [0.4, 0.5) is 5.13 Å². The van der Waals surface area contributed by atoms with E-state index in [4.69, 9.17) is 9.47 Å². The molecule has 0 spiro atoms. The van der Waals surface area contributed by atoms with Crippen LogP contribution in [0.2, 0.25) is 0 Å². The van der Waals surface area contributed by atoms with Gasteiger partial charge in [-0.05, 0) is 35.7 Å². The summed E-state index contributed by atoms with van der Waals surface area (Å²) in [7, 11) is 3.20. The first-order valence-corrected chi connectivity index (χ1v) is 11.4. The Morgan fingerprint density at radius 2 is 1.90 bits per heavy atom. The normalized spacial score (nSPS) is 10.6. The zero-order chi connectivity index (χ0) is 22.1. The second kappa shape index (κ2) is 11.5. The van der Waals surface area contributed by atoms with Crippen LogP contribution in [0, 0.1) is 0 Å². The van der Waals surface area contributed by atoms with E-state index in [0.29, 0.717) is 36.3 Å². The van der Waals surface area contributed by atoms with Crippen LogP contribution in [0.5, 0.6) is 5.75 Å². The highest BCUT2D eigenvalue weighted by Gasteiger charge is 2.17. The van der Waals surface area contributed by atoms with E-state index in [9.17, 15) is 9.59 Å². The number of aromatic nitrogens is 2. The fraction of sp³-hybridized carbons (Fsp3) is 0.333. The lowest BCUT2D eigenvalue weighted by molar-refractivity contribution is -0.131. The van der Waals surface area contributed by atoms with E-state index in [1.807, 2.05) is 41.8 Å². The third-order valence-electron chi connectivity index (χ3n) is 4.44. The number of carbonyl (C=O) groups excluding carboxylic acids is 2. The molecule has 0 aliphatic carbocycles. The number of rotatable bonds is 11. The number of benzene rings is 1. The summed E-state index contributed by atoms with van der Waals surface area (Å²) >= 11 is 2.83. The van der Waals surface area contributed by atoms with Gasteiger partial charge in [0.25, 0.3) is 0 Å². The Hall–Kier alpha value is -2.82. The number of thiophene rings is 1. The third kappa shape index (κ3) is 6.84. The summed E-state index contributed by atoms with van der Waals surface area (Å²) in [6.07, 6.45) is 0.488. The van der Waals surface area contributed by atoms with E-state index < -0.39 is 0 Å². The average molecular weight is 461 g/mol. The van der Waals surface area contributed by atoms with Crippen molar-refractivity contribution in [3.8, 4) is 16.3 Å². The van der Waals surface area contributed by atoms with Gasteiger partial charge in [-0.1, -0.05) is 17.4 Å². The first kappa shape index (κ1) is 22.9. The monoisotopic (exact) mass is 460 g/mol. The van der Waals surface area contributed by atoms with Crippen molar-refractivity contribution in [2.24, 2.45) is 0 Å². The van der Waals surface area contributed by atoms with Crippen molar-refractivity contribution >= 4 is 39.6 Å². The van der Waals surface area contributed by atoms with Gasteiger partial charge in [-0.15, -0.1) is 21.5 Å². The quantitative estimate of drug-likeness (QED) is 0.472. The number of carbonyl (C=O) groups is 2. The highest BCUT2D eigenvalue weighted by Crippen LogP contribution is 2.27. The first-order chi connectivity index (χ1) is 15.1. The molecule has 2 heterocycles. The third-order valence-corrected chi connectivity index (χ3v) is 6.20. The second-order valence-corrected chi connectivity index (χ2v) is 8.58. The van der Waals surface area contributed by atoms with Gasteiger partial charge in [-0.2, -0.15) is 0 Å². The van der Waals surface area contributed by atoms with Gasteiger partial charge in [0.2, 0.25) is 16.9 Å². The summed E-state index contributed by atoms with van der Waals surface area (Å²) < 4.78 is 10.3. The van der Waals surface area contributed by atoms with Gasteiger partial charge in [-0.25, -0.2) is 0 Å². The number of hydrogen-bond donors (Lipinski definition) is 1. The van der Waals surface area contributed by atoms with Crippen molar-refractivity contribution in [3.05, 3.63) is 46.7 Å². The SMILES string of the molecule is COCCN(CCC(=O)Nc1nnc(-c2ccc(OC)cc2)s1)C(=O)Cc1cccs1. The molecule has 2 amide bonds. The number of nitrogens with zero attached hydrogens (tertiary/aromatic N) is 3. The van der Waals surface area contributed by atoms with Crippen LogP contribution in [0.25, 0.3) is 10.6 Å². The molecule has 164 valence electrons. The van der Waals surface area contributed by atoms with Crippen LogP contribution < -0.4 is 10.1 Å². The lowest BCUT2D eigenvalue weighted by atomic mass is 10.2. The van der Waals surface area contributed by atoms with Gasteiger partial charge in [0.15, 0.2) is 0 Å². The van der Waals surface area contributed by atoms with Gasteiger partial charge in [0.1, 0.15) is 10.8 Å². The summed E-state index contributed by atoms with van der Waals surface area (Å²) in [5, 5.41) is 14.0. The summed E-state index contributed by atoms with van der Waals surface area (Å²) in [4.78, 5) is 27.7. The minimum atomic E-state index is -0.219. The molecule has 0 saturated heterocycles. The van der Waals surface area contributed by atoms with E-state index in [0.717, 1.165) is 16.2 Å². The molecule has 10 heteroatoms. The Labute approximate surface area is 188 Å². The van der Waals surface area contributed by atoms with Crippen LogP contribution in [-0.2, 0) is 20.7 Å². The average Bonchev–Trinajstić information content (AvgIpc) is 3.46. The van der Waals surface area contributed by atoms with Crippen LogP contribution >= 0.6 is 22.7 Å². The summed E-state index contributed by atoms with van der Waals surface area (Å²) in [6, 6.07) is 11.3. The van der Waals surface area contributed by atoms with Gasteiger partial charge in [0.05, 0.1) is 20.1 Å².